The van der Waals surface area contributed by atoms with Crippen LogP contribution < -0.4 is 10.4 Å². The number of hydrogen-bond acceptors (Lipinski definition) is 3. The number of benzene rings is 2. The maximum Gasteiger partial charge on any atom is 0.146 e. The molecule has 0 saturated heterocycles. The number of carboxylic acid groups (broad SMARTS) is 1. The SMILES string of the molecule is O=C([O-])c1ccc([C@@H]2Nc3c(F)cccc3[C@H]3C=CC[C@H]32)cc1. The number of anilines is 1. The molecule has 1 heterocycles. The van der Waals surface area contributed by atoms with Crippen LogP contribution in [0.1, 0.15) is 39.9 Å². The molecule has 0 fully saturated rings. The molecule has 1 N–H and O–H groups in total. The molecule has 2 aromatic rings. The average molecular weight is 308 g/mol. The van der Waals surface area contributed by atoms with E-state index >= 15 is 0 Å². The van der Waals surface area contributed by atoms with E-state index in [-0.39, 0.29) is 23.3 Å². The molecule has 1 aliphatic heterocycles. The monoisotopic (exact) mass is 308 g/mol. The normalized spacial score (nSPS) is 24.7. The molecule has 2 aromatic carbocycles. The van der Waals surface area contributed by atoms with Gasteiger partial charge in [-0.1, -0.05) is 48.6 Å². The fraction of sp³-hybridized carbons (Fsp3) is 0.211. The van der Waals surface area contributed by atoms with Gasteiger partial charge in [0.2, 0.25) is 0 Å². The van der Waals surface area contributed by atoms with Crippen LogP contribution in [0.3, 0.4) is 0 Å². The quantitative estimate of drug-likeness (QED) is 0.868. The van der Waals surface area contributed by atoms with Crippen molar-refractivity contribution >= 4 is 11.7 Å². The Labute approximate surface area is 133 Å². The minimum Gasteiger partial charge on any atom is -0.545 e. The van der Waals surface area contributed by atoms with E-state index in [4.69, 9.17) is 0 Å². The molecule has 0 aromatic heterocycles. The van der Waals surface area contributed by atoms with Gasteiger partial charge in [0.05, 0.1) is 17.7 Å². The number of halogens is 1. The van der Waals surface area contributed by atoms with Gasteiger partial charge in [-0.25, -0.2) is 4.39 Å². The fourth-order valence-corrected chi connectivity index (χ4v) is 3.74. The van der Waals surface area contributed by atoms with E-state index in [1.54, 1.807) is 30.3 Å². The van der Waals surface area contributed by atoms with E-state index in [9.17, 15) is 14.3 Å². The summed E-state index contributed by atoms with van der Waals surface area (Å²) in [4.78, 5) is 10.9. The zero-order chi connectivity index (χ0) is 16.0. The van der Waals surface area contributed by atoms with E-state index in [1.165, 1.54) is 6.07 Å². The molecular formula is C19H15FNO2-. The Kier molecular flexibility index (Phi) is 3.18. The van der Waals surface area contributed by atoms with E-state index in [2.05, 4.69) is 17.5 Å². The van der Waals surface area contributed by atoms with E-state index in [0.29, 0.717) is 11.6 Å². The van der Waals surface area contributed by atoms with Gasteiger partial charge in [-0.3, -0.25) is 0 Å². The van der Waals surface area contributed by atoms with Crippen LogP contribution in [0.4, 0.5) is 10.1 Å². The number of carbonyl (C=O) groups is 1. The second-order valence-corrected chi connectivity index (χ2v) is 6.09. The number of aromatic carboxylic acids is 1. The van der Waals surface area contributed by atoms with Crippen molar-refractivity contribution in [2.24, 2.45) is 5.92 Å². The van der Waals surface area contributed by atoms with Gasteiger partial charge in [-0.15, -0.1) is 0 Å². The second kappa shape index (κ2) is 5.23. The Morgan fingerprint density at radius 1 is 1.17 bits per heavy atom. The molecule has 0 amide bonds. The van der Waals surface area contributed by atoms with Crippen LogP contribution in [-0.2, 0) is 0 Å². The van der Waals surface area contributed by atoms with E-state index < -0.39 is 5.97 Å². The maximum absolute atomic E-state index is 14.2. The Hall–Kier alpha value is -2.62. The van der Waals surface area contributed by atoms with Crippen molar-refractivity contribution < 1.29 is 14.3 Å². The summed E-state index contributed by atoms with van der Waals surface area (Å²) >= 11 is 0. The number of allylic oxidation sites excluding steroid dienone is 2. The van der Waals surface area contributed by atoms with Gasteiger partial charge in [0.25, 0.3) is 0 Å². The molecule has 4 heteroatoms. The third-order valence-corrected chi connectivity index (χ3v) is 4.85. The standard InChI is InChI=1S/C19H16FNO2/c20-16-6-2-5-15-13-3-1-4-14(13)17(21-18(15)16)11-7-9-12(10-8-11)19(22)23/h1-3,5-10,13-14,17,21H,4H2,(H,22,23)/p-1/t13-,14+,17-/m0/s1. The molecule has 0 unspecified atom stereocenters. The first kappa shape index (κ1) is 14.0. The molecule has 0 saturated carbocycles. The molecule has 0 radical (unpaired) electrons. The number of hydrogen-bond donors (Lipinski definition) is 1. The molecule has 4 rings (SSSR count). The van der Waals surface area contributed by atoms with Gasteiger partial charge in [0.15, 0.2) is 0 Å². The highest BCUT2D eigenvalue weighted by Gasteiger charge is 2.38. The van der Waals surface area contributed by atoms with Crippen molar-refractivity contribution in [3.05, 3.63) is 77.1 Å². The largest absolute Gasteiger partial charge is 0.545 e. The summed E-state index contributed by atoms with van der Waals surface area (Å²) in [5, 5.41) is 14.2. The topological polar surface area (TPSA) is 52.2 Å². The molecule has 0 spiro atoms. The van der Waals surface area contributed by atoms with Gasteiger partial charge in [0.1, 0.15) is 5.82 Å². The Balaban J connectivity index is 1.75. The lowest BCUT2D eigenvalue weighted by molar-refractivity contribution is -0.255. The lowest BCUT2D eigenvalue weighted by Gasteiger charge is -2.37. The Morgan fingerprint density at radius 2 is 1.96 bits per heavy atom. The third-order valence-electron chi connectivity index (χ3n) is 4.85. The van der Waals surface area contributed by atoms with E-state index in [1.807, 2.05) is 6.07 Å². The predicted octanol–water partition coefficient (Wildman–Crippen LogP) is 3.02. The van der Waals surface area contributed by atoms with Crippen LogP contribution >= 0.6 is 0 Å². The predicted molar refractivity (Wildman–Crippen MR) is 83.5 cm³/mol. The first-order valence-corrected chi connectivity index (χ1v) is 7.68. The molecule has 2 aliphatic rings. The molecule has 3 nitrogen and oxygen atoms in total. The van der Waals surface area contributed by atoms with Crippen molar-refractivity contribution in [3.63, 3.8) is 0 Å². The van der Waals surface area contributed by atoms with Gasteiger partial charge >= 0.3 is 0 Å². The number of carbonyl (C=O) groups excluding carboxylic acids is 1. The van der Waals surface area contributed by atoms with Gasteiger partial charge in [0, 0.05) is 5.92 Å². The van der Waals surface area contributed by atoms with Crippen molar-refractivity contribution in [3.8, 4) is 0 Å². The van der Waals surface area contributed by atoms with Crippen LogP contribution in [0.15, 0.2) is 54.6 Å². The maximum atomic E-state index is 14.2. The smallest absolute Gasteiger partial charge is 0.146 e. The zero-order valence-corrected chi connectivity index (χ0v) is 12.3. The fourth-order valence-electron chi connectivity index (χ4n) is 3.74. The molecule has 1 aliphatic carbocycles. The molecule has 116 valence electrons. The lowest BCUT2D eigenvalue weighted by atomic mass is 9.77. The highest BCUT2D eigenvalue weighted by molar-refractivity contribution is 5.85. The van der Waals surface area contributed by atoms with Crippen LogP contribution in [0, 0.1) is 11.7 Å². The second-order valence-electron chi connectivity index (χ2n) is 6.09. The minimum atomic E-state index is -1.19. The van der Waals surface area contributed by atoms with Gasteiger partial charge in [-0.05, 0) is 35.1 Å². The van der Waals surface area contributed by atoms with E-state index in [0.717, 1.165) is 17.5 Å². The van der Waals surface area contributed by atoms with Crippen LogP contribution in [-0.4, -0.2) is 5.97 Å². The Bertz CT molecular complexity index is 798. The summed E-state index contributed by atoms with van der Waals surface area (Å²) in [7, 11) is 0. The highest BCUT2D eigenvalue weighted by atomic mass is 19.1. The van der Waals surface area contributed by atoms with Crippen molar-refractivity contribution in [1.29, 1.82) is 0 Å². The average Bonchev–Trinajstić information content (AvgIpc) is 3.04. The summed E-state index contributed by atoms with van der Waals surface area (Å²) in [5.41, 5.74) is 2.65. The molecular weight excluding hydrogens is 293 g/mol. The van der Waals surface area contributed by atoms with Gasteiger partial charge in [-0.2, -0.15) is 0 Å². The van der Waals surface area contributed by atoms with Crippen molar-refractivity contribution in [2.75, 3.05) is 5.32 Å². The Morgan fingerprint density at radius 3 is 2.70 bits per heavy atom. The summed E-state index contributed by atoms with van der Waals surface area (Å²) in [6.45, 7) is 0. The summed E-state index contributed by atoms with van der Waals surface area (Å²) in [6.07, 6.45) is 5.20. The lowest BCUT2D eigenvalue weighted by Crippen LogP contribution is -2.30. The van der Waals surface area contributed by atoms with Crippen LogP contribution in [0.25, 0.3) is 0 Å². The number of nitrogens with one attached hydrogen (secondary N) is 1. The summed E-state index contributed by atoms with van der Waals surface area (Å²) < 4.78 is 14.2. The molecule has 0 bridgehead atoms. The third kappa shape index (κ3) is 2.22. The summed E-state index contributed by atoms with van der Waals surface area (Å²) in [5.74, 6) is -0.951. The minimum absolute atomic E-state index is 0.0461. The number of para-hydroxylation sites is 1. The first-order valence-electron chi connectivity index (χ1n) is 7.68. The molecule has 3 atom stereocenters. The van der Waals surface area contributed by atoms with Gasteiger partial charge < -0.3 is 15.2 Å². The first-order chi connectivity index (χ1) is 11.1. The number of fused-ring (bicyclic) bond motifs is 3. The van der Waals surface area contributed by atoms with Crippen LogP contribution in [0.2, 0.25) is 0 Å². The van der Waals surface area contributed by atoms with Crippen molar-refractivity contribution in [2.45, 2.75) is 18.4 Å². The van der Waals surface area contributed by atoms with Crippen molar-refractivity contribution in [1.82, 2.24) is 0 Å². The number of rotatable bonds is 2. The molecule has 23 heavy (non-hydrogen) atoms. The van der Waals surface area contributed by atoms with Crippen LogP contribution in [0.5, 0.6) is 0 Å². The highest BCUT2D eigenvalue weighted by Crippen LogP contribution is 2.50. The summed E-state index contributed by atoms with van der Waals surface area (Å²) in [6, 6.07) is 11.8. The number of carboxylic acids is 1. The zero-order valence-electron chi connectivity index (χ0n) is 12.3.